The maximum absolute atomic E-state index is 12.5. The van der Waals surface area contributed by atoms with Crippen molar-refractivity contribution >= 4 is 28.9 Å². The second-order valence-corrected chi connectivity index (χ2v) is 5.73. The summed E-state index contributed by atoms with van der Waals surface area (Å²) in [6, 6.07) is 0.185. The van der Waals surface area contributed by atoms with Crippen LogP contribution in [0.4, 0.5) is 0 Å². The largest absolute Gasteiger partial charge is 0.464 e. The molecule has 0 unspecified atom stereocenters. The highest BCUT2D eigenvalue weighted by Crippen LogP contribution is 2.16. The fourth-order valence-corrected chi connectivity index (χ4v) is 2.32. The molecule has 1 amide bonds. The first-order chi connectivity index (χ1) is 12.4. The van der Waals surface area contributed by atoms with E-state index < -0.39 is 23.9 Å². The number of ether oxygens (including phenoxy) is 2. The molecule has 2 aromatic rings. The van der Waals surface area contributed by atoms with Gasteiger partial charge < -0.3 is 14.8 Å². The maximum Gasteiger partial charge on any atom is 0.340 e. The second kappa shape index (κ2) is 8.41. The quantitative estimate of drug-likeness (QED) is 0.582. The number of aromatic nitrogens is 3. The number of esters is 2. The Hall–Kier alpha value is -2.97. The molecule has 0 aliphatic carbocycles. The zero-order chi connectivity index (χ0) is 19.3. The van der Waals surface area contributed by atoms with Crippen molar-refractivity contribution in [1.29, 1.82) is 0 Å². The standard InChI is InChI=1S/C17H22N4O5/c1-5-25-16(23)13(17(24)26-6-2)20-15(22)12-7-11-9-19-21(10(3)4)14(11)18-8-12/h7-10,13H,5-6H2,1-4H3,(H,20,22). The Bertz CT molecular complexity index is 797. The van der Waals surface area contributed by atoms with E-state index in [-0.39, 0.29) is 24.8 Å². The van der Waals surface area contributed by atoms with E-state index in [1.54, 1.807) is 30.8 Å². The summed E-state index contributed by atoms with van der Waals surface area (Å²) in [4.78, 5) is 40.6. The number of carbonyl (C=O) groups excluding carboxylic acids is 3. The van der Waals surface area contributed by atoms with Crippen LogP contribution in [0.2, 0.25) is 0 Å². The van der Waals surface area contributed by atoms with Crippen LogP contribution in [-0.4, -0.2) is 51.9 Å². The highest BCUT2D eigenvalue weighted by Gasteiger charge is 2.31. The van der Waals surface area contributed by atoms with Gasteiger partial charge in [0.15, 0.2) is 5.65 Å². The first kappa shape index (κ1) is 19.4. The maximum atomic E-state index is 12.5. The Balaban J connectivity index is 2.24. The topological polar surface area (TPSA) is 112 Å². The molecule has 0 saturated heterocycles. The van der Waals surface area contributed by atoms with Gasteiger partial charge in [0.25, 0.3) is 5.91 Å². The van der Waals surface area contributed by atoms with Gasteiger partial charge in [-0.05, 0) is 33.8 Å². The predicted octanol–water partition coefficient (Wildman–Crippen LogP) is 1.24. The van der Waals surface area contributed by atoms with Crippen molar-refractivity contribution in [2.45, 2.75) is 39.8 Å². The average molecular weight is 362 g/mol. The van der Waals surface area contributed by atoms with Crippen molar-refractivity contribution in [1.82, 2.24) is 20.1 Å². The molecule has 1 N–H and O–H groups in total. The number of rotatable bonds is 7. The minimum atomic E-state index is -1.53. The molecule has 0 spiro atoms. The Kier molecular flexibility index (Phi) is 6.26. The summed E-state index contributed by atoms with van der Waals surface area (Å²) < 4.78 is 11.4. The minimum Gasteiger partial charge on any atom is -0.464 e. The number of pyridine rings is 1. The van der Waals surface area contributed by atoms with Crippen LogP contribution in [0.5, 0.6) is 0 Å². The third kappa shape index (κ3) is 4.16. The fourth-order valence-electron chi connectivity index (χ4n) is 2.32. The van der Waals surface area contributed by atoms with E-state index in [0.717, 1.165) is 0 Å². The molecule has 140 valence electrons. The van der Waals surface area contributed by atoms with E-state index in [9.17, 15) is 14.4 Å². The smallest absolute Gasteiger partial charge is 0.340 e. The first-order valence-electron chi connectivity index (χ1n) is 8.36. The van der Waals surface area contributed by atoms with Crippen molar-refractivity contribution in [2.75, 3.05) is 13.2 Å². The molecule has 0 fully saturated rings. The van der Waals surface area contributed by atoms with Gasteiger partial charge in [0.1, 0.15) is 0 Å². The molecule has 0 radical (unpaired) electrons. The lowest BCUT2D eigenvalue weighted by molar-refractivity contribution is -0.157. The highest BCUT2D eigenvalue weighted by molar-refractivity contribution is 6.06. The number of nitrogens with zero attached hydrogens (tertiary/aromatic N) is 3. The third-order valence-corrected chi connectivity index (χ3v) is 3.50. The minimum absolute atomic E-state index is 0.0759. The molecule has 0 atom stereocenters. The van der Waals surface area contributed by atoms with Crippen molar-refractivity contribution < 1.29 is 23.9 Å². The molecule has 0 aliphatic heterocycles. The Morgan fingerprint density at radius 1 is 1.12 bits per heavy atom. The van der Waals surface area contributed by atoms with Gasteiger partial charge in [0.05, 0.1) is 25.0 Å². The molecule has 0 saturated carbocycles. The summed E-state index contributed by atoms with van der Waals surface area (Å²) >= 11 is 0. The first-order valence-corrected chi connectivity index (χ1v) is 8.36. The summed E-state index contributed by atoms with van der Waals surface area (Å²) in [6.07, 6.45) is 2.97. The van der Waals surface area contributed by atoms with Crippen LogP contribution in [0.25, 0.3) is 11.0 Å². The lowest BCUT2D eigenvalue weighted by atomic mass is 10.2. The molecule has 2 rings (SSSR count). The second-order valence-electron chi connectivity index (χ2n) is 5.73. The van der Waals surface area contributed by atoms with Crippen molar-refractivity contribution in [3.63, 3.8) is 0 Å². The molecule has 0 bridgehead atoms. The Labute approximate surface area is 150 Å². The monoisotopic (exact) mass is 362 g/mol. The zero-order valence-corrected chi connectivity index (χ0v) is 15.2. The van der Waals surface area contributed by atoms with E-state index in [1.165, 1.54) is 6.20 Å². The lowest BCUT2D eigenvalue weighted by Gasteiger charge is -2.15. The third-order valence-electron chi connectivity index (χ3n) is 3.50. The van der Waals surface area contributed by atoms with Crippen LogP contribution < -0.4 is 5.32 Å². The lowest BCUT2D eigenvalue weighted by Crippen LogP contribution is -2.48. The number of fused-ring (bicyclic) bond motifs is 1. The number of nitrogens with one attached hydrogen (secondary N) is 1. The zero-order valence-electron chi connectivity index (χ0n) is 15.2. The summed E-state index contributed by atoms with van der Waals surface area (Å²) in [5.41, 5.74) is 0.836. The van der Waals surface area contributed by atoms with Crippen LogP contribution in [0.1, 0.15) is 44.1 Å². The molecule has 0 aliphatic rings. The number of amides is 1. The van der Waals surface area contributed by atoms with Crippen LogP contribution in [-0.2, 0) is 19.1 Å². The molecule has 2 heterocycles. The SMILES string of the molecule is CCOC(=O)C(NC(=O)c1cnc2c(cnn2C(C)C)c1)C(=O)OCC. The molecule has 9 nitrogen and oxygen atoms in total. The van der Waals surface area contributed by atoms with Crippen molar-refractivity contribution in [3.8, 4) is 0 Å². The van der Waals surface area contributed by atoms with Crippen LogP contribution >= 0.6 is 0 Å². The van der Waals surface area contributed by atoms with E-state index in [4.69, 9.17) is 9.47 Å². The van der Waals surface area contributed by atoms with Crippen LogP contribution in [0, 0.1) is 0 Å². The van der Waals surface area contributed by atoms with Crippen LogP contribution in [0.3, 0.4) is 0 Å². The van der Waals surface area contributed by atoms with Crippen LogP contribution in [0.15, 0.2) is 18.5 Å². The van der Waals surface area contributed by atoms with Crippen molar-refractivity contribution in [3.05, 3.63) is 24.0 Å². The van der Waals surface area contributed by atoms with Crippen molar-refractivity contribution in [2.24, 2.45) is 0 Å². The normalized spacial score (nSPS) is 11.0. The molecule has 26 heavy (non-hydrogen) atoms. The van der Waals surface area contributed by atoms with Gasteiger partial charge in [-0.25, -0.2) is 19.3 Å². The van der Waals surface area contributed by atoms with Gasteiger partial charge in [-0.3, -0.25) is 4.79 Å². The van der Waals surface area contributed by atoms with E-state index in [1.807, 2.05) is 13.8 Å². The van der Waals surface area contributed by atoms with E-state index in [0.29, 0.717) is 11.0 Å². The number of hydrogen-bond acceptors (Lipinski definition) is 7. The van der Waals surface area contributed by atoms with Gasteiger partial charge in [0, 0.05) is 17.6 Å². The van der Waals surface area contributed by atoms with E-state index in [2.05, 4.69) is 15.4 Å². The van der Waals surface area contributed by atoms with Gasteiger partial charge >= 0.3 is 11.9 Å². The molecular weight excluding hydrogens is 340 g/mol. The molecular formula is C17H22N4O5. The summed E-state index contributed by atoms with van der Waals surface area (Å²) in [5, 5.41) is 7.25. The van der Waals surface area contributed by atoms with Gasteiger partial charge in [-0.1, -0.05) is 0 Å². The number of carbonyl (C=O) groups is 3. The number of hydrogen-bond donors (Lipinski definition) is 1. The summed E-state index contributed by atoms with van der Waals surface area (Å²) in [7, 11) is 0. The summed E-state index contributed by atoms with van der Waals surface area (Å²) in [5.74, 6) is -2.38. The van der Waals surface area contributed by atoms with E-state index >= 15 is 0 Å². The molecule has 0 aromatic carbocycles. The van der Waals surface area contributed by atoms with Gasteiger partial charge in [-0.15, -0.1) is 0 Å². The molecule has 2 aromatic heterocycles. The Morgan fingerprint density at radius 3 is 2.27 bits per heavy atom. The summed E-state index contributed by atoms with van der Waals surface area (Å²) in [6.45, 7) is 7.30. The average Bonchev–Trinajstić information content (AvgIpc) is 3.03. The predicted molar refractivity (Wildman–Crippen MR) is 92.4 cm³/mol. The van der Waals surface area contributed by atoms with Gasteiger partial charge in [0.2, 0.25) is 6.04 Å². The highest BCUT2D eigenvalue weighted by atomic mass is 16.6. The Morgan fingerprint density at radius 2 is 1.73 bits per heavy atom. The molecule has 9 heteroatoms. The fraction of sp³-hybridized carbons (Fsp3) is 0.471. The van der Waals surface area contributed by atoms with Gasteiger partial charge in [-0.2, -0.15) is 5.10 Å².